The van der Waals surface area contributed by atoms with Gasteiger partial charge in [0.05, 0.1) is 16.9 Å². The Morgan fingerprint density at radius 1 is 1.07 bits per heavy atom. The number of aromatic nitrogens is 1. The highest BCUT2D eigenvalue weighted by atomic mass is 19.1. The summed E-state index contributed by atoms with van der Waals surface area (Å²) in [6.45, 7) is 15.6. The number of hydrogen-bond donors (Lipinski definition) is 1. The molecule has 0 saturated heterocycles. The zero-order valence-electron chi connectivity index (χ0n) is 25.3. The van der Waals surface area contributed by atoms with Crippen molar-refractivity contribution in [1.82, 2.24) is 14.8 Å². The molecule has 4 aromatic rings. The Balaban J connectivity index is 1.99. The molecule has 0 radical (unpaired) electrons. The summed E-state index contributed by atoms with van der Waals surface area (Å²) in [5, 5.41) is 4.25. The van der Waals surface area contributed by atoms with E-state index in [2.05, 4.69) is 37.6 Å². The van der Waals surface area contributed by atoms with Crippen LogP contribution in [-0.2, 0) is 6.54 Å². The zero-order chi connectivity index (χ0) is 30.1. The first kappa shape index (κ1) is 29.8. The lowest BCUT2D eigenvalue weighted by molar-refractivity contribution is 0.0706. The number of rotatable bonds is 8. The lowest BCUT2D eigenvalue weighted by Gasteiger charge is -2.29. The van der Waals surface area contributed by atoms with Crippen LogP contribution in [0.2, 0.25) is 0 Å². The summed E-state index contributed by atoms with van der Waals surface area (Å²) in [6.07, 6.45) is 4.97. The second kappa shape index (κ2) is 11.8. The van der Waals surface area contributed by atoms with Crippen molar-refractivity contribution in [3.63, 3.8) is 0 Å². The van der Waals surface area contributed by atoms with Gasteiger partial charge in [-0.25, -0.2) is 4.39 Å². The van der Waals surface area contributed by atoms with Gasteiger partial charge in [0.25, 0.3) is 11.8 Å². The van der Waals surface area contributed by atoms with Crippen LogP contribution in [0.3, 0.4) is 0 Å². The van der Waals surface area contributed by atoms with Crippen molar-refractivity contribution in [3.8, 4) is 11.1 Å². The fourth-order valence-electron chi connectivity index (χ4n) is 5.28. The number of aryl methyl sites for hydroxylation is 1. The first-order valence-electron chi connectivity index (χ1n) is 14.1. The smallest absolute Gasteiger partial charge is 0.255 e. The number of nitrogens with one attached hydrogen (secondary N) is 1. The second-order valence-corrected chi connectivity index (χ2v) is 11.6. The predicted molar refractivity (Wildman–Crippen MR) is 166 cm³/mol. The summed E-state index contributed by atoms with van der Waals surface area (Å²) in [6, 6.07) is 11.6. The van der Waals surface area contributed by atoms with Gasteiger partial charge in [-0.1, -0.05) is 39.0 Å². The van der Waals surface area contributed by atoms with E-state index in [1.165, 1.54) is 13.0 Å². The van der Waals surface area contributed by atoms with Gasteiger partial charge in [-0.3, -0.25) is 9.59 Å². The van der Waals surface area contributed by atoms with E-state index < -0.39 is 0 Å². The van der Waals surface area contributed by atoms with Gasteiger partial charge < -0.3 is 19.2 Å². The molecule has 216 valence electrons. The third kappa shape index (κ3) is 5.99. The zero-order valence-corrected chi connectivity index (χ0v) is 25.3. The second-order valence-electron chi connectivity index (χ2n) is 11.6. The van der Waals surface area contributed by atoms with Gasteiger partial charge in [0.15, 0.2) is 0 Å². The molecule has 0 aliphatic carbocycles. The first-order valence-corrected chi connectivity index (χ1v) is 14.1. The molecule has 1 N–H and O–H groups in total. The van der Waals surface area contributed by atoms with Crippen LogP contribution >= 0.6 is 0 Å². The summed E-state index contributed by atoms with van der Waals surface area (Å²) < 4.78 is 22.0. The summed E-state index contributed by atoms with van der Waals surface area (Å²) in [7, 11) is 1.58. The van der Waals surface area contributed by atoms with Gasteiger partial charge in [-0.05, 0) is 74.6 Å². The first-order chi connectivity index (χ1) is 19.4. The van der Waals surface area contributed by atoms with Crippen molar-refractivity contribution >= 4 is 39.3 Å². The van der Waals surface area contributed by atoms with Crippen molar-refractivity contribution in [3.05, 3.63) is 77.5 Å². The Kier molecular flexibility index (Phi) is 8.57. The number of amides is 2. The molecule has 41 heavy (non-hydrogen) atoms. The minimum absolute atomic E-state index is 0.0129. The maximum Gasteiger partial charge on any atom is 0.255 e. The standard InChI is InChI=1S/C34H40FN3O3/c1-9-37-17-16-25-29(37)26(23-12-11-13-24(18-23)33(40)38(10-2)20-34(5,6)7)19-27-28(32(39)36-8)30(41-31(25)27)21(3)14-15-22(4)35/h11-19H,9-10,20H2,1-8H3,(H,36,39)/b21-14+,22-15+. The minimum atomic E-state index is -0.342. The van der Waals surface area contributed by atoms with Crippen molar-refractivity contribution in [2.24, 2.45) is 5.41 Å². The molecule has 0 bridgehead atoms. The number of carbonyl (C=O) groups excluding carboxylic acids is 2. The van der Waals surface area contributed by atoms with Crippen LogP contribution in [0.4, 0.5) is 4.39 Å². The Labute approximate surface area is 241 Å². The number of benzene rings is 2. The molecule has 0 aliphatic heterocycles. The lowest BCUT2D eigenvalue weighted by Crippen LogP contribution is -2.37. The topological polar surface area (TPSA) is 67.5 Å². The highest BCUT2D eigenvalue weighted by Crippen LogP contribution is 2.41. The van der Waals surface area contributed by atoms with Crippen molar-refractivity contribution < 1.29 is 18.4 Å². The molecule has 0 saturated carbocycles. The molecule has 2 amide bonds. The monoisotopic (exact) mass is 557 g/mol. The van der Waals surface area contributed by atoms with Crippen LogP contribution in [-0.4, -0.2) is 41.4 Å². The Morgan fingerprint density at radius 3 is 2.41 bits per heavy atom. The third-order valence-electron chi connectivity index (χ3n) is 7.17. The summed E-state index contributed by atoms with van der Waals surface area (Å²) in [5.74, 6) is -0.257. The highest BCUT2D eigenvalue weighted by molar-refractivity contribution is 6.18. The number of carbonyl (C=O) groups is 2. The van der Waals surface area contributed by atoms with Crippen molar-refractivity contribution in [1.29, 1.82) is 0 Å². The molecular weight excluding hydrogens is 517 g/mol. The average molecular weight is 558 g/mol. The number of fused-ring (bicyclic) bond motifs is 3. The Bertz CT molecular complexity index is 1680. The van der Waals surface area contributed by atoms with E-state index in [1.807, 2.05) is 54.4 Å². The van der Waals surface area contributed by atoms with E-state index in [4.69, 9.17) is 4.42 Å². The van der Waals surface area contributed by atoms with Crippen LogP contribution in [0, 0.1) is 5.41 Å². The van der Waals surface area contributed by atoms with E-state index in [0.717, 1.165) is 28.6 Å². The lowest BCUT2D eigenvalue weighted by atomic mass is 9.94. The maximum absolute atomic E-state index is 13.6. The van der Waals surface area contributed by atoms with Crippen LogP contribution in [0.5, 0.6) is 0 Å². The molecule has 0 unspecified atom stereocenters. The van der Waals surface area contributed by atoms with Gasteiger partial charge in [0.2, 0.25) is 0 Å². The van der Waals surface area contributed by atoms with Gasteiger partial charge in [-0.2, -0.15) is 0 Å². The molecule has 2 aromatic heterocycles. The predicted octanol–water partition coefficient (Wildman–Crippen LogP) is 8.22. The number of halogens is 1. The van der Waals surface area contributed by atoms with Gasteiger partial charge >= 0.3 is 0 Å². The molecule has 0 spiro atoms. The Hall–Kier alpha value is -4.13. The number of furan rings is 1. The maximum atomic E-state index is 13.6. The van der Waals surface area contributed by atoms with E-state index in [-0.39, 0.29) is 23.1 Å². The van der Waals surface area contributed by atoms with Crippen LogP contribution in [0.25, 0.3) is 38.6 Å². The normalized spacial score (nSPS) is 12.8. The average Bonchev–Trinajstić information content (AvgIpc) is 3.54. The summed E-state index contributed by atoms with van der Waals surface area (Å²) in [5.41, 5.74) is 4.93. The fraction of sp³-hybridized carbons (Fsp3) is 0.353. The molecule has 4 rings (SSSR count). The van der Waals surface area contributed by atoms with E-state index in [0.29, 0.717) is 46.5 Å². The SMILES string of the molecule is CCN(CC(C)(C)C)C(=O)c1cccc(-c2cc3c(C(=O)NC)c(/C(C)=C/C=C(\C)F)oc3c3ccn(CC)c23)c1. The minimum Gasteiger partial charge on any atom is -0.455 e. The molecule has 2 heterocycles. The highest BCUT2D eigenvalue weighted by Gasteiger charge is 2.26. The van der Waals surface area contributed by atoms with Crippen LogP contribution in [0.15, 0.2) is 65.0 Å². The van der Waals surface area contributed by atoms with Gasteiger partial charge in [-0.15, -0.1) is 0 Å². The summed E-state index contributed by atoms with van der Waals surface area (Å²) in [4.78, 5) is 28.7. The van der Waals surface area contributed by atoms with Gasteiger partial charge in [0, 0.05) is 54.8 Å². The quantitative estimate of drug-likeness (QED) is 0.222. The molecular formula is C34H40FN3O3. The van der Waals surface area contributed by atoms with Crippen LogP contribution in [0.1, 0.15) is 74.9 Å². The largest absolute Gasteiger partial charge is 0.455 e. The van der Waals surface area contributed by atoms with Gasteiger partial charge in [0.1, 0.15) is 11.3 Å². The van der Waals surface area contributed by atoms with Crippen LogP contribution < -0.4 is 5.32 Å². The number of nitrogens with zero attached hydrogens (tertiary/aromatic N) is 2. The molecule has 0 aliphatic rings. The molecule has 0 atom stereocenters. The molecule has 0 fully saturated rings. The third-order valence-corrected chi connectivity index (χ3v) is 7.17. The fourth-order valence-corrected chi connectivity index (χ4v) is 5.28. The van der Waals surface area contributed by atoms with Crippen molar-refractivity contribution in [2.75, 3.05) is 20.1 Å². The van der Waals surface area contributed by atoms with E-state index in [9.17, 15) is 14.0 Å². The molecule has 6 nitrogen and oxygen atoms in total. The van der Waals surface area contributed by atoms with E-state index >= 15 is 0 Å². The van der Waals surface area contributed by atoms with E-state index in [1.54, 1.807) is 20.0 Å². The molecule has 2 aromatic carbocycles. The number of allylic oxidation sites excluding steroid dienone is 4. The Morgan fingerprint density at radius 2 is 1.80 bits per heavy atom. The molecule has 7 heteroatoms. The summed E-state index contributed by atoms with van der Waals surface area (Å²) >= 11 is 0. The number of hydrogen-bond acceptors (Lipinski definition) is 3. The van der Waals surface area contributed by atoms with Crippen molar-refractivity contribution in [2.45, 2.75) is 55.0 Å².